The van der Waals surface area contributed by atoms with Crippen molar-refractivity contribution in [3.05, 3.63) is 0 Å². The predicted octanol–water partition coefficient (Wildman–Crippen LogP) is 0.979. The van der Waals surface area contributed by atoms with Crippen molar-refractivity contribution in [3.8, 4) is 0 Å². The quantitative estimate of drug-likeness (QED) is 0.686. The number of carbonyl (C=O) groups is 1. The molecule has 0 amide bonds. The molecule has 5 heteroatoms. The van der Waals surface area contributed by atoms with Crippen molar-refractivity contribution < 1.29 is 9.53 Å². The number of esters is 1. The lowest BCUT2D eigenvalue weighted by atomic mass is 9.91. The third kappa shape index (κ3) is 5.57. The lowest BCUT2D eigenvalue weighted by Gasteiger charge is -2.38. The van der Waals surface area contributed by atoms with Crippen LogP contribution < -0.4 is 11.1 Å². The van der Waals surface area contributed by atoms with Crippen molar-refractivity contribution in [2.24, 2.45) is 17.6 Å². The summed E-state index contributed by atoms with van der Waals surface area (Å²) in [5.41, 5.74) is 5.70. The van der Waals surface area contributed by atoms with Gasteiger partial charge in [0.05, 0.1) is 7.11 Å². The molecule has 3 N–H and O–H groups in total. The van der Waals surface area contributed by atoms with E-state index in [1.54, 1.807) is 0 Å². The summed E-state index contributed by atoms with van der Waals surface area (Å²) in [5.74, 6) is 1.15. The van der Waals surface area contributed by atoms with Gasteiger partial charge in [0.1, 0.15) is 0 Å². The zero-order chi connectivity index (χ0) is 15.1. The van der Waals surface area contributed by atoms with Gasteiger partial charge in [0, 0.05) is 38.6 Å². The summed E-state index contributed by atoms with van der Waals surface area (Å²) >= 11 is 0. The maximum Gasteiger partial charge on any atom is 0.305 e. The van der Waals surface area contributed by atoms with Crippen LogP contribution in [-0.4, -0.2) is 56.7 Å². The topological polar surface area (TPSA) is 67.6 Å². The number of carbonyl (C=O) groups excluding carboxylic acids is 1. The smallest absolute Gasteiger partial charge is 0.305 e. The fraction of sp³-hybridized carbons (Fsp3) is 0.938. The summed E-state index contributed by atoms with van der Waals surface area (Å²) in [7, 11) is 1.47. The number of hydrogen-bond acceptors (Lipinski definition) is 5. The normalized spacial score (nSPS) is 27.9. The second-order valence-electron chi connectivity index (χ2n) is 6.69. The fourth-order valence-electron chi connectivity index (χ4n) is 3.83. The minimum atomic E-state index is -0.0934. The van der Waals surface area contributed by atoms with Gasteiger partial charge in [-0.1, -0.05) is 12.8 Å². The first-order valence-corrected chi connectivity index (χ1v) is 8.44. The van der Waals surface area contributed by atoms with Gasteiger partial charge in [-0.05, 0) is 37.6 Å². The molecule has 21 heavy (non-hydrogen) atoms. The van der Waals surface area contributed by atoms with Gasteiger partial charge in [-0.3, -0.25) is 4.79 Å². The van der Waals surface area contributed by atoms with Crippen LogP contribution in [0.2, 0.25) is 0 Å². The summed E-state index contributed by atoms with van der Waals surface area (Å²) in [6, 6.07) is 0.487. The van der Waals surface area contributed by atoms with E-state index < -0.39 is 0 Å². The molecule has 1 aliphatic heterocycles. The number of likely N-dealkylation sites (tertiary alicyclic amines) is 1. The highest BCUT2D eigenvalue weighted by molar-refractivity contribution is 5.69. The molecular weight excluding hydrogens is 266 g/mol. The molecule has 0 aromatic rings. The second kappa shape index (κ2) is 8.71. The minimum Gasteiger partial charge on any atom is -0.469 e. The van der Waals surface area contributed by atoms with E-state index in [-0.39, 0.29) is 5.97 Å². The van der Waals surface area contributed by atoms with Gasteiger partial charge in [-0.2, -0.15) is 0 Å². The van der Waals surface area contributed by atoms with E-state index >= 15 is 0 Å². The number of methoxy groups -OCH3 is 1. The maximum atomic E-state index is 11.5. The first-order chi connectivity index (χ1) is 10.2. The van der Waals surface area contributed by atoms with E-state index in [0.717, 1.165) is 38.5 Å². The van der Waals surface area contributed by atoms with Crippen LogP contribution in [-0.2, 0) is 9.53 Å². The Morgan fingerprint density at radius 2 is 2.05 bits per heavy atom. The molecule has 0 bridgehead atoms. The Morgan fingerprint density at radius 3 is 2.71 bits per heavy atom. The lowest BCUT2D eigenvalue weighted by molar-refractivity contribution is -0.142. The van der Waals surface area contributed by atoms with Crippen molar-refractivity contribution in [2.75, 3.05) is 39.8 Å². The molecule has 0 radical (unpaired) electrons. The van der Waals surface area contributed by atoms with Crippen LogP contribution >= 0.6 is 0 Å². The Labute approximate surface area is 128 Å². The van der Waals surface area contributed by atoms with E-state index in [1.807, 2.05) is 0 Å². The zero-order valence-corrected chi connectivity index (χ0v) is 13.4. The molecule has 0 aromatic carbocycles. The molecule has 2 fully saturated rings. The predicted molar refractivity (Wildman–Crippen MR) is 84.0 cm³/mol. The van der Waals surface area contributed by atoms with Crippen molar-refractivity contribution >= 4 is 5.97 Å². The van der Waals surface area contributed by atoms with E-state index in [2.05, 4.69) is 10.2 Å². The number of ether oxygens (including phenoxy) is 1. The van der Waals surface area contributed by atoms with E-state index in [9.17, 15) is 4.79 Å². The molecule has 5 nitrogen and oxygen atoms in total. The summed E-state index contributed by atoms with van der Waals surface area (Å²) in [6.07, 6.45) is 7.13. The average molecular weight is 297 g/mol. The van der Waals surface area contributed by atoms with Gasteiger partial charge in [-0.15, -0.1) is 0 Å². The molecule has 2 unspecified atom stereocenters. The average Bonchev–Trinajstić information content (AvgIpc) is 2.98. The van der Waals surface area contributed by atoms with Crippen LogP contribution in [0.25, 0.3) is 0 Å². The molecule has 122 valence electrons. The number of nitrogens with zero attached hydrogens (tertiary/aromatic N) is 1. The summed E-state index contributed by atoms with van der Waals surface area (Å²) < 4.78 is 4.82. The highest BCUT2D eigenvalue weighted by atomic mass is 16.5. The third-order valence-corrected chi connectivity index (χ3v) is 4.91. The van der Waals surface area contributed by atoms with Gasteiger partial charge in [0.15, 0.2) is 0 Å². The number of nitrogens with one attached hydrogen (secondary N) is 1. The standard InChI is InChI=1S/C16H31N3O2/c1-21-16(20)9-14-8-15(12-19(11-14)7-6-17)18-10-13-4-2-3-5-13/h13-15,18H,2-12,17H2,1H3. The van der Waals surface area contributed by atoms with Gasteiger partial charge in [0.2, 0.25) is 0 Å². The fourth-order valence-corrected chi connectivity index (χ4v) is 3.83. The van der Waals surface area contributed by atoms with Crippen molar-refractivity contribution in [1.29, 1.82) is 0 Å². The third-order valence-electron chi connectivity index (χ3n) is 4.91. The maximum absolute atomic E-state index is 11.5. The molecule has 2 rings (SSSR count). The molecule has 0 spiro atoms. The number of nitrogens with two attached hydrogens (primary N) is 1. The van der Waals surface area contributed by atoms with Crippen molar-refractivity contribution in [3.63, 3.8) is 0 Å². The molecular formula is C16H31N3O2. The van der Waals surface area contributed by atoms with Crippen LogP contribution in [0.15, 0.2) is 0 Å². The van der Waals surface area contributed by atoms with Crippen LogP contribution in [0.3, 0.4) is 0 Å². The monoisotopic (exact) mass is 297 g/mol. The highest BCUT2D eigenvalue weighted by Gasteiger charge is 2.29. The Balaban J connectivity index is 1.81. The number of hydrogen-bond donors (Lipinski definition) is 2. The van der Waals surface area contributed by atoms with Crippen LogP contribution in [0, 0.1) is 11.8 Å². The largest absolute Gasteiger partial charge is 0.469 e. The number of piperidine rings is 1. The lowest BCUT2D eigenvalue weighted by Crippen LogP contribution is -2.51. The Kier molecular flexibility index (Phi) is 6.93. The summed E-state index contributed by atoms with van der Waals surface area (Å²) in [4.78, 5) is 13.9. The Morgan fingerprint density at radius 1 is 1.29 bits per heavy atom. The van der Waals surface area contributed by atoms with Gasteiger partial charge < -0.3 is 20.7 Å². The van der Waals surface area contributed by atoms with Crippen molar-refractivity contribution in [2.45, 2.75) is 44.6 Å². The van der Waals surface area contributed by atoms with E-state index in [0.29, 0.717) is 24.9 Å². The van der Waals surface area contributed by atoms with Gasteiger partial charge in [-0.25, -0.2) is 0 Å². The molecule has 2 atom stereocenters. The van der Waals surface area contributed by atoms with Crippen LogP contribution in [0.4, 0.5) is 0 Å². The van der Waals surface area contributed by atoms with E-state index in [1.165, 1.54) is 32.8 Å². The molecule has 2 aliphatic rings. The molecule has 1 saturated heterocycles. The van der Waals surface area contributed by atoms with E-state index in [4.69, 9.17) is 10.5 Å². The minimum absolute atomic E-state index is 0.0934. The van der Waals surface area contributed by atoms with Crippen LogP contribution in [0.5, 0.6) is 0 Å². The first-order valence-electron chi connectivity index (χ1n) is 8.44. The van der Waals surface area contributed by atoms with Crippen LogP contribution in [0.1, 0.15) is 38.5 Å². The Hall–Kier alpha value is -0.650. The summed E-state index contributed by atoms with van der Waals surface area (Å²) in [6.45, 7) is 4.75. The zero-order valence-electron chi connectivity index (χ0n) is 13.4. The number of rotatable bonds is 7. The first kappa shape index (κ1) is 16.7. The van der Waals surface area contributed by atoms with Gasteiger partial charge >= 0.3 is 5.97 Å². The molecule has 0 aromatic heterocycles. The van der Waals surface area contributed by atoms with Crippen molar-refractivity contribution in [1.82, 2.24) is 10.2 Å². The molecule has 1 aliphatic carbocycles. The highest BCUT2D eigenvalue weighted by Crippen LogP contribution is 2.25. The molecule has 1 saturated carbocycles. The summed E-state index contributed by atoms with van der Waals surface area (Å²) in [5, 5.41) is 3.74. The SMILES string of the molecule is COC(=O)CC1CC(NCC2CCCC2)CN(CCN)C1. The molecule has 1 heterocycles. The van der Waals surface area contributed by atoms with Gasteiger partial charge in [0.25, 0.3) is 0 Å². The Bertz CT molecular complexity index is 319. The second-order valence-corrected chi connectivity index (χ2v) is 6.69.